The molecule has 3 atom stereocenters. The number of rotatable bonds is 5. The maximum absolute atomic E-state index is 12.9. The van der Waals surface area contributed by atoms with Gasteiger partial charge in [0.05, 0.1) is 7.11 Å². The highest BCUT2D eigenvalue weighted by atomic mass is 35.5. The van der Waals surface area contributed by atoms with E-state index in [0.717, 1.165) is 11.1 Å². The molecule has 1 heterocycles. The van der Waals surface area contributed by atoms with E-state index in [4.69, 9.17) is 21.1 Å². The average Bonchev–Trinajstić information content (AvgIpc) is 2.68. The number of carbonyl (C=O) groups is 2. The Labute approximate surface area is 163 Å². The van der Waals surface area contributed by atoms with Crippen molar-refractivity contribution in [3.63, 3.8) is 0 Å². The molecule has 5 heteroatoms. The molecule has 1 aliphatic rings. The predicted molar refractivity (Wildman–Crippen MR) is 103 cm³/mol. The van der Waals surface area contributed by atoms with Gasteiger partial charge in [0.25, 0.3) is 0 Å². The van der Waals surface area contributed by atoms with E-state index in [1.807, 2.05) is 42.5 Å². The molecule has 0 radical (unpaired) electrons. The number of hydrogen-bond donors (Lipinski definition) is 0. The molecule has 1 fully saturated rings. The van der Waals surface area contributed by atoms with Crippen LogP contribution in [-0.2, 0) is 24.7 Å². The normalized spacial score (nSPS) is 24.7. The van der Waals surface area contributed by atoms with Crippen LogP contribution in [0.2, 0.25) is 5.02 Å². The van der Waals surface area contributed by atoms with Gasteiger partial charge in [-0.1, -0.05) is 60.1 Å². The van der Waals surface area contributed by atoms with Crippen molar-refractivity contribution < 1.29 is 19.1 Å². The Balaban J connectivity index is 2.10. The number of halogens is 1. The van der Waals surface area contributed by atoms with Gasteiger partial charge >= 0.3 is 11.9 Å². The summed E-state index contributed by atoms with van der Waals surface area (Å²) in [5.41, 5.74) is 0.839. The number of methoxy groups -OCH3 is 1. The Kier molecular flexibility index (Phi) is 5.66. The zero-order chi connectivity index (χ0) is 19.4. The van der Waals surface area contributed by atoms with E-state index in [1.165, 1.54) is 7.11 Å². The van der Waals surface area contributed by atoms with Gasteiger partial charge < -0.3 is 9.47 Å². The minimum atomic E-state index is -1.02. The highest BCUT2D eigenvalue weighted by Gasteiger charge is 2.51. The highest BCUT2D eigenvalue weighted by Crippen LogP contribution is 2.48. The quantitative estimate of drug-likeness (QED) is 0.428. The minimum absolute atomic E-state index is 0.392. The van der Waals surface area contributed by atoms with E-state index in [2.05, 4.69) is 6.58 Å². The lowest BCUT2D eigenvalue weighted by Crippen LogP contribution is -2.47. The topological polar surface area (TPSA) is 52.6 Å². The van der Waals surface area contributed by atoms with Crippen LogP contribution < -0.4 is 0 Å². The molecule has 0 unspecified atom stereocenters. The summed E-state index contributed by atoms with van der Waals surface area (Å²) in [4.78, 5) is 25.3. The SMILES string of the molecule is C=CC[C@@]1(c2ccccc2)C[C@H](c2ccc(Cl)cc2)[C@@H](C(=O)OC)C(=O)O1. The maximum atomic E-state index is 12.9. The van der Waals surface area contributed by atoms with Crippen molar-refractivity contribution in [2.75, 3.05) is 7.11 Å². The van der Waals surface area contributed by atoms with Crippen LogP contribution in [0.15, 0.2) is 67.3 Å². The summed E-state index contributed by atoms with van der Waals surface area (Å²) in [7, 11) is 1.28. The molecule has 4 nitrogen and oxygen atoms in total. The van der Waals surface area contributed by atoms with E-state index < -0.39 is 29.4 Å². The molecule has 0 amide bonds. The fourth-order valence-corrected chi connectivity index (χ4v) is 3.86. The maximum Gasteiger partial charge on any atom is 0.321 e. The molecule has 140 valence electrons. The summed E-state index contributed by atoms with van der Waals surface area (Å²) in [6.07, 6.45) is 2.62. The summed E-state index contributed by atoms with van der Waals surface area (Å²) >= 11 is 6.01. The standard InChI is InChI=1S/C22H21ClO4/c1-3-13-22(16-7-5-4-6-8-16)14-18(15-9-11-17(23)12-10-15)19(20(24)26-2)21(25)27-22/h3-12,18-19H,1,13-14H2,2H3/t18-,19+,22+/m1/s1. The molecule has 0 saturated carbocycles. The van der Waals surface area contributed by atoms with Crippen molar-refractivity contribution in [1.82, 2.24) is 0 Å². The van der Waals surface area contributed by atoms with E-state index >= 15 is 0 Å². The van der Waals surface area contributed by atoms with Crippen LogP contribution in [0.5, 0.6) is 0 Å². The molecular weight excluding hydrogens is 364 g/mol. The smallest absolute Gasteiger partial charge is 0.321 e. The van der Waals surface area contributed by atoms with Gasteiger partial charge in [-0.05, 0) is 23.3 Å². The molecule has 2 aromatic rings. The molecule has 0 bridgehead atoms. The van der Waals surface area contributed by atoms with Gasteiger partial charge in [0.2, 0.25) is 0 Å². The van der Waals surface area contributed by atoms with E-state index in [0.29, 0.717) is 17.9 Å². The third kappa shape index (κ3) is 3.76. The zero-order valence-electron chi connectivity index (χ0n) is 15.1. The van der Waals surface area contributed by atoms with Gasteiger partial charge in [-0.15, -0.1) is 6.58 Å². The van der Waals surface area contributed by atoms with Crippen molar-refractivity contribution in [3.8, 4) is 0 Å². The molecule has 3 rings (SSSR count). The first kappa shape index (κ1) is 19.2. The molecule has 1 aliphatic heterocycles. The van der Waals surface area contributed by atoms with Crippen LogP contribution in [0.3, 0.4) is 0 Å². The molecule has 1 saturated heterocycles. The van der Waals surface area contributed by atoms with Gasteiger partial charge in [0.1, 0.15) is 5.60 Å². The third-order valence-corrected chi connectivity index (χ3v) is 5.28. The Morgan fingerprint density at radius 3 is 2.52 bits per heavy atom. The van der Waals surface area contributed by atoms with Crippen LogP contribution in [0, 0.1) is 5.92 Å². The molecule has 0 spiro atoms. The second-order valence-electron chi connectivity index (χ2n) is 6.64. The monoisotopic (exact) mass is 384 g/mol. The second-order valence-corrected chi connectivity index (χ2v) is 7.07. The fourth-order valence-electron chi connectivity index (χ4n) is 3.74. The summed E-state index contributed by atoms with van der Waals surface area (Å²) in [5.74, 6) is -2.59. The average molecular weight is 385 g/mol. The number of benzene rings is 2. The highest BCUT2D eigenvalue weighted by molar-refractivity contribution is 6.30. The Morgan fingerprint density at radius 2 is 1.93 bits per heavy atom. The molecule has 0 N–H and O–H groups in total. The predicted octanol–water partition coefficient (Wildman–Crippen LogP) is 4.63. The van der Waals surface area contributed by atoms with Crippen molar-refractivity contribution in [1.29, 1.82) is 0 Å². The molecular formula is C22H21ClO4. The first-order valence-electron chi connectivity index (χ1n) is 8.73. The van der Waals surface area contributed by atoms with Crippen molar-refractivity contribution >= 4 is 23.5 Å². The number of esters is 2. The largest absolute Gasteiger partial charge is 0.468 e. The van der Waals surface area contributed by atoms with Gasteiger partial charge in [-0.2, -0.15) is 0 Å². The number of carbonyl (C=O) groups excluding carboxylic acids is 2. The van der Waals surface area contributed by atoms with Crippen molar-refractivity contribution in [2.45, 2.75) is 24.4 Å². The molecule has 2 aromatic carbocycles. The van der Waals surface area contributed by atoms with Gasteiger partial charge in [0, 0.05) is 23.8 Å². The number of hydrogen-bond acceptors (Lipinski definition) is 4. The lowest BCUT2D eigenvalue weighted by molar-refractivity contribution is -0.185. The first-order valence-corrected chi connectivity index (χ1v) is 9.11. The van der Waals surface area contributed by atoms with Gasteiger partial charge in [-0.3, -0.25) is 9.59 Å². The van der Waals surface area contributed by atoms with Gasteiger partial charge in [-0.25, -0.2) is 0 Å². The first-order chi connectivity index (χ1) is 13.0. The fraction of sp³-hybridized carbons (Fsp3) is 0.273. The number of ether oxygens (including phenoxy) is 2. The second kappa shape index (κ2) is 7.97. The summed E-state index contributed by atoms with van der Waals surface area (Å²) in [5, 5.41) is 0.590. The molecule has 0 aromatic heterocycles. The van der Waals surface area contributed by atoms with Crippen molar-refractivity contribution in [3.05, 3.63) is 83.4 Å². The van der Waals surface area contributed by atoms with Crippen LogP contribution in [0.25, 0.3) is 0 Å². The lowest BCUT2D eigenvalue weighted by Gasteiger charge is -2.43. The zero-order valence-corrected chi connectivity index (χ0v) is 15.8. The Bertz CT molecular complexity index is 831. The van der Waals surface area contributed by atoms with E-state index in [-0.39, 0.29) is 0 Å². The van der Waals surface area contributed by atoms with Crippen LogP contribution in [0.1, 0.15) is 29.9 Å². The van der Waals surface area contributed by atoms with E-state index in [1.54, 1.807) is 18.2 Å². The summed E-state index contributed by atoms with van der Waals surface area (Å²) in [6, 6.07) is 16.7. The van der Waals surface area contributed by atoms with Crippen LogP contribution in [0.4, 0.5) is 0 Å². The lowest BCUT2D eigenvalue weighted by atomic mass is 9.72. The molecule has 0 aliphatic carbocycles. The Morgan fingerprint density at radius 1 is 1.26 bits per heavy atom. The summed E-state index contributed by atoms with van der Waals surface area (Å²) in [6.45, 7) is 3.83. The Hall–Kier alpha value is -2.59. The van der Waals surface area contributed by atoms with Gasteiger partial charge in [0.15, 0.2) is 5.92 Å². The van der Waals surface area contributed by atoms with E-state index in [9.17, 15) is 9.59 Å². The van der Waals surface area contributed by atoms with Crippen LogP contribution >= 0.6 is 11.6 Å². The molecule has 27 heavy (non-hydrogen) atoms. The minimum Gasteiger partial charge on any atom is -0.468 e. The number of cyclic esters (lactones) is 1. The van der Waals surface area contributed by atoms with Crippen molar-refractivity contribution in [2.24, 2.45) is 5.92 Å². The van der Waals surface area contributed by atoms with Crippen LogP contribution in [-0.4, -0.2) is 19.0 Å². The third-order valence-electron chi connectivity index (χ3n) is 5.03. The summed E-state index contributed by atoms with van der Waals surface area (Å²) < 4.78 is 10.8.